The molecule has 1 aliphatic rings. The molecule has 0 aromatic carbocycles. The Morgan fingerprint density at radius 3 is 3.00 bits per heavy atom. The second-order valence-electron chi connectivity index (χ2n) is 4.74. The van der Waals surface area contributed by atoms with Crippen LogP contribution in [-0.4, -0.2) is 27.9 Å². The molecule has 1 heterocycles. The summed E-state index contributed by atoms with van der Waals surface area (Å²) < 4.78 is 1.77. The summed E-state index contributed by atoms with van der Waals surface area (Å²) in [7, 11) is 1.85. The second-order valence-corrected chi connectivity index (χ2v) is 5.05. The summed E-state index contributed by atoms with van der Waals surface area (Å²) in [5.74, 6) is 1.69. The summed E-state index contributed by atoms with van der Waals surface area (Å²) in [6.45, 7) is 0.715. The minimum Gasteiger partial charge on any atom is -0.350 e. The van der Waals surface area contributed by atoms with Crippen LogP contribution in [-0.2, 0) is 7.05 Å². The van der Waals surface area contributed by atoms with E-state index < -0.39 is 0 Å². The number of carbonyl (C=O) groups is 1. The molecule has 0 aliphatic heterocycles. The number of hydrogen-bond donors (Lipinski definition) is 1. The van der Waals surface area contributed by atoms with E-state index in [0.29, 0.717) is 30.0 Å². The maximum atomic E-state index is 11.8. The molecule has 1 aromatic rings. The zero-order valence-electron chi connectivity index (χ0n) is 10.0. The van der Waals surface area contributed by atoms with Gasteiger partial charge < -0.3 is 9.88 Å². The van der Waals surface area contributed by atoms with Crippen LogP contribution >= 0.6 is 11.6 Å². The van der Waals surface area contributed by atoms with Crippen molar-refractivity contribution in [2.75, 3.05) is 12.4 Å². The standard InChI is InChI=1S/C12H18ClN3O/c1-16-7-11(15-8-16)12(17)14-6-10-4-2-3-9(10)5-13/h7-10H,2-6H2,1H3,(H,14,17). The third kappa shape index (κ3) is 3.00. The van der Waals surface area contributed by atoms with Crippen molar-refractivity contribution in [3.05, 3.63) is 18.2 Å². The minimum absolute atomic E-state index is 0.0918. The van der Waals surface area contributed by atoms with Gasteiger partial charge >= 0.3 is 0 Å². The Morgan fingerprint density at radius 1 is 1.59 bits per heavy atom. The van der Waals surface area contributed by atoms with E-state index in [1.807, 2.05) is 7.05 Å². The topological polar surface area (TPSA) is 46.9 Å². The molecule has 1 aromatic heterocycles. The van der Waals surface area contributed by atoms with Gasteiger partial charge in [0.25, 0.3) is 5.91 Å². The van der Waals surface area contributed by atoms with Gasteiger partial charge in [-0.05, 0) is 24.7 Å². The van der Waals surface area contributed by atoms with Crippen molar-refractivity contribution in [2.45, 2.75) is 19.3 Å². The van der Waals surface area contributed by atoms with Gasteiger partial charge in [-0.15, -0.1) is 11.6 Å². The zero-order valence-corrected chi connectivity index (χ0v) is 10.8. The Kier molecular flexibility index (Phi) is 4.05. The van der Waals surface area contributed by atoms with Crippen molar-refractivity contribution >= 4 is 17.5 Å². The number of nitrogens with zero attached hydrogens (tertiary/aromatic N) is 2. The van der Waals surface area contributed by atoms with Gasteiger partial charge in [-0.25, -0.2) is 4.98 Å². The number of imidazole rings is 1. The summed E-state index contributed by atoms with van der Waals surface area (Å²) in [4.78, 5) is 15.8. The van der Waals surface area contributed by atoms with Crippen LogP contribution in [0.2, 0.25) is 0 Å². The molecule has 0 radical (unpaired) electrons. The highest BCUT2D eigenvalue weighted by Gasteiger charge is 2.26. The van der Waals surface area contributed by atoms with Crippen molar-refractivity contribution in [1.29, 1.82) is 0 Å². The van der Waals surface area contributed by atoms with E-state index >= 15 is 0 Å². The number of nitrogens with one attached hydrogen (secondary N) is 1. The van der Waals surface area contributed by atoms with Crippen LogP contribution in [0.1, 0.15) is 29.8 Å². The maximum absolute atomic E-state index is 11.8. The summed E-state index contributed by atoms with van der Waals surface area (Å²) in [5, 5.41) is 2.95. The Labute approximate surface area is 106 Å². The Morgan fingerprint density at radius 2 is 2.35 bits per heavy atom. The van der Waals surface area contributed by atoms with E-state index in [0.717, 1.165) is 0 Å². The van der Waals surface area contributed by atoms with Crippen molar-refractivity contribution in [1.82, 2.24) is 14.9 Å². The summed E-state index contributed by atoms with van der Waals surface area (Å²) in [6.07, 6.45) is 6.93. The average Bonchev–Trinajstić information content (AvgIpc) is 2.94. The molecule has 1 aliphatic carbocycles. The van der Waals surface area contributed by atoms with Gasteiger partial charge in [0.2, 0.25) is 0 Å². The number of amides is 1. The van der Waals surface area contributed by atoms with Crippen molar-refractivity contribution < 1.29 is 4.79 Å². The van der Waals surface area contributed by atoms with Crippen LogP contribution in [0, 0.1) is 11.8 Å². The molecule has 5 heteroatoms. The van der Waals surface area contributed by atoms with E-state index in [4.69, 9.17) is 11.6 Å². The highest BCUT2D eigenvalue weighted by molar-refractivity contribution is 6.18. The van der Waals surface area contributed by atoms with E-state index in [-0.39, 0.29) is 5.91 Å². The molecule has 2 unspecified atom stereocenters. The smallest absolute Gasteiger partial charge is 0.271 e. The molecule has 0 bridgehead atoms. The molecule has 94 valence electrons. The fourth-order valence-electron chi connectivity index (χ4n) is 2.43. The monoisotopic (exact) mass is 255 g/mol. The van der Waals surface area contributed by atoms with Crippen LogP contribution in [0.3, 0.4) is 0 Å². The van der Waals surface area contributed by atoms with Gasteiger partial charge in [-0.3, -0.25) is 4.79 Å². The molecule has 0 saturated heterocycles. The molecular weight excluding hydrogens is 238 g/mol. The van der Waals surface area contributed by atoms with E-state index in [1.54, 1.807) is 17.1 Å². The van der Waals surface area contributed by atoms with Gasteiger partial charge in [0, 0.05) is 25.7 Å². The Balaban J connectivity index is 1.84. The van der Waals surface area contributed by atoms with Gasteiger partial charge in [-0.1, -0.05) is 6.42 Å². The number of aryl methyl sites for hydroxylation is 1. The molecular formula is C12H18ClN3O. The largest absolute Gasteiger partial charge is 0.350 e. The number of carbonyl (C=O) groups excluding carboxylic acids is 1. The summed E-state index contributed by atoms with van der Waals surface area (Å²) in [6, 6.07) is 0. The fraction of sp³-hybridized carbons (Fsp3) is 0.667. The number of aromatic nitrogens is 2. The molecule has 17 heavy (non-hydrogen) atoms. The third-order valence-electron chi connectivity index (χ3n) is 3.48. The first-order chi connectivity index (χ1) is 8.20. The molecule has 1 amide bonds. The first-order valence-electron chi connectivity index (χ1n) is 6.03. The van der Waals surface area contributed by atoms with Crippen molar-refractivity contribution in [3.8, 4) is 0 Å². The molecule has 4 nitrogen and oxygen atoms in total. The third-order valence-corrected chi connectivity index (χ3v) is 3.87. The molecule has 1 N–H and O–H groups in total. The normalized spacial score (nSPS) is 23.9. The van der Waals surface area contributed by atoms with Crippen LogP contribution in [0.5, 0.6) is 0 Å². The predicted molar refractivity (Wildman–Crippen MR) is 67.1 cm³/mol. The quantitative estimate of drug-likeness (QED) is 0.834. The first kappa shape index (κ1) is 12.4. The number of hydrogen-bond acceptors (Lipinski definition) is 2. The lowest BCUT2D eigenvalue weighted by molar-refractivity contribution is 0.0940. The lowest BCUT2D eigenvalue weighted by Gasteiger charge is -2.17. The van der Waals surface area contributed by atoms with Crippen molar-refractivity contribution in [3.63, 3.8) is 0 Å². The van der Waals surface area contributed by atoms with E-state index in [2.05, 4.69) is 10.3 Å². The highest BCUT2D eigenvalue weighted by atomic mass is 35.5. The molecule has 2 atom stereocenters. The lowest BCUT2D eigenvalue weighted by atomic mass is 9.98. The van der Waals surface area contributed by atoms with Crippen LogP contribution in [0.25, 0.3) is 0 Å². The molecule has 0 spiro atoms. The highest BCUT2D eigenvalue weighted by Crippen LogP contribution is 2.31. The summed E-state index contributed by atoms with van der Waals surface area (Å²) >= 11 is 5.91. The van der Waals surface area contributed by atoms with E-state index in [9.17, 15) is 4.79 Å². The molecule has 2 rings (SSSR count). The Hall–Kier alpha value is -1.03. The molecule has 1 fully saturated rings. The molecule has 1 saturated carbocycles. The van der Waals surface area contributed by atoms with Gasteiger partial charge in [0.1, 0.15) is 5.69 Å². The number of alkyl halides is 1. The second kappa shape index (κ2) is 5.54. The van der Waals surface area contributed by atoms with Crippen LogP contribution < -0.4 is 5.32 Å². The van der Waals surface area contributed by atoms with Crippen LogP contribution in [0.4, 0.5) is 0 Å². The number of halogens is 1. The lowest BCUT2D eigenvalue weighted by Crippen LogP contribution is -2.31. The number of rotatable bonds is 4. The minimum atomic E-state index is -0.0918. The van der Waals surface area contributed by atoms with Crippen LogP contribution in [0.15, 0.2) is 12.5 Å². The Bertz CT molecular complexity index is 391. The first-order valence-corrected chi connectivity index (χ1v) is 6.56. The van der Waals surface area contributed by atoms with Gasteiger partial charge in [-0.2, -0.15) is 0 Å². The fourth-order valence-corrected chi connectivity index (χ4v) is 2.84. The maximum Gasteiger partial charge on any atom is 0.271 e. The zero-order chi connectivity index (χ0) is 12.3. The summed E-state index contributed by atoms with van der Waals surface area (Å²) in [5.41, 5.74) is 0.480. The van der Waals surface area contributed by atoms with Gasteiger partial charge in [0.15, 0.2) is 0 Å². The van der Waals surface area contributed by atoms with Gasteiger partial charge in [0.05, 0.1) is 6.33 Å². The predicted octanol–water partition coefficient (Wildman–Crippen LogP) is 1.80. The van der Waals surface area contributed by atoms with E-state index in [1.165, 1.54) is 19.3 Å². The average molecular weight is 256 g/mol. The van der Waals surface area contributed by atoms with Crippen molar-refractivity contribution in [2.24, 2.45) is 18.9 Å². The SMILES string of the molecule is Cn1cnc(C(=O)NCC2CCCC2CCl)c1.